The molecule has 16 heavy (non-hydrogen) atoms. The second-order valence-corrected chi connectivity index (χ2v) is 5.19. The molecule has 88 valence electrons. The first-order valence-electron chi connectivity index (χ1n) is 6.25. The summed E-state index contributed by atoms with van der Waals surface area (Å²) in [6, 6.07) is 10.8. The van der Waals surface area contributed by atoms with E-state index in [-0.39, 0.29) is 0 Å². The molecule has 0 bridgehead atoms. The van der Waals surface area contributed by atoms with Crippen molar-refractivity contribution in [3.63, 3.8) is 0 Å². The van der Waals surface area contributed by atoms with Crippen LogP contribution in [0.5, 0.6) is 0 Å². The van der Waals surface area contributed by atoms with E-state index in [9.17, 15) is 0 Å². The van der Waals surface area contributed by atoms with Gasteiger partial charge in [0.2, 0.25) is 0 Å². The zero-order valence-corrected chi connectivity index (χ0v) is 10.7. The first-order chi connectivity index (χ1) is 7.88. The van der Waals surface area contributed by atoms with Crippen LogP contribution < -0.4 is 0 Å². The average Bonchev–Trinajstić information content (AvgIpc) is 2.31. The van der Waals surface area contributed by atoms with Crippen molar-refractivity contribution in [3.05, 3.63) is 35.9 Å². The number of hydrogen-bond donors (Lipinski definition) is 1. The molecule has 2 rings (SSSR count). The minimum Gasteiger partial charge on any atom is -0.299 e. The monoisotopic (exact) mass is 235 g/mol. The number of benzene rings is 1. The molecule has 0 aliphatic carbocycles. The minimum absolute atomic E-state index is 0.870. The van der Waals surface area contributed by atoms with E-state index in [1.54, 1.807) is 0 Å². The molecule has 1 nitrogen and oxygen atoms in total. The Morgan fingerprint density at radius 3 is 2.81 bits per heavy atom. The van der Waals surface area contributed by atoms with Gasteiger partial charge in [-0.3, -0.25) is 4.90 Å². The summed E-state index contributed by atoms with van der Waals surface area (Å²) >= 11 is 4.34. The van der Waals surface area contributed by atoms with Crippen molar-refractivity contribution < 1.29 is 0 Å². The van der Waals surface area contributed by atoms with Crippen molar-refractivity contribution in [1.82, 2.24) is 4.90 Å². The summed E-state index contributed by atoms with van der Waals surface area (Å²) in [7, 11) is 0. The first-order valence-corrected chi connectivity index (χ1v) is 6.89. The van der Waals surface area contributed by atoms with E-state index in [4.69, 9.17) is 0 Å². The van der Waals surface area contributed by atoms with Crippen LogP contribution in [0.1, 0.15) is 24.8 Å². The van der Waals surface area contributed by atoms with Crippen molar-refractivity contribution in [1.29, 1.82) is 0 Å². The lowest BCUT2D eigenvalue weighted by molar-refractivity contribution is 0.165. The fraction of sp³-hybridized carbons (Fsp3) is 0.571. The number of hydrogen-bond acceptors (Lipinski definition) is 2. The topological polar surface area (TPSA) is 3.24 Å². The van der Waals surface area contributed by atoms with Gasteiger partial charge in [-0.2, -0.15) is 12.6 Å². The lowest BCUT2D eigenvalue weighted by Crippen LogP contribution is -2.35. The van der Waals surface area contributed by atoms with Crippen LogP contribution in [0.2, 0.25) is 0 Å². The van der Waals surface area contributed by atoms with Crippen molar-refractivity contribution in [2.75, 3.05) is 18.8 Å². The molecule has 1 aliphatic rings. The third-order valence-corrected chi connectivity index (χ3v) is 3.65. The van der Waals surface area contributed by atoms with Crippen molar-refractivity contribution in [3.8, 4) is 0 Å². The maximum absolute atomic E-state index is 4.34. The van der Waals surface area contributed by atoms with Gasteiger partial charge in [0.05, 0.1) is 0 Å². The smallest absolute Gasteiger partial charge is 0.0233 e. The van der Waals surface area contributed by atoms with E-state index in [1.165, 1.54) is 37.9 Å². The standard InChI is InChI=1S/C14H21NS/c16-10-8-14-7-4-9-15(12-14)11-13-5-2-1-3-6-13/h1-3,5-6,14,16H,4,7-12H2. The molecule has 0 N–H and O–H groups in total. The predicted molar refractivity (Wildman–Crippen MR) is 72.9 cm³/mol. The van der Waals surface area contributed by atoms with Gasteiger partial charge in [-0.25, -0.2) is 0 Å². The molecule has 1 unspecified atom stereocenters. The number of rotatable bonds is 4. The van der Waals surface area contributed by atoms with E-state index in [2.05, 4.69) is 47.9 Å². The second kappa shape index (κ2) is 6.31. The van der Waals surface area contributed by atoms with Crippen LogP contribution in [0.3, 0.4) is 0 Å². The predicted octanol–water partition coefficient (Wildman–Crippen LogP) is 3.22. The summed E-state index contributed by atoms with van der Waals surface area (Å²) in [5.41, 5.74) is 1.44. The zero-order chi connectivity index (χ0) is 11.2. The molecule has 1 fully saturated rings. The highest BCUT2D eigenvalue weighted by Crippen LogP contribution is 2.21. The van der Waals surface area contributed by atoms with Crippen molar-refractivity contribution in [2.24, 2.45) is 5.92 Å². The van der Waals surface area contributed by atoms with Crippen molar-refractivity contribution >= 4 is 12.6 Å². The average molecular weight is 235 g/mol. The Labute approximate surface area is 104 Å². The molecule has 1 atom stereocenters. The van der Waals surface area contributed by atoms with Crippen LogP contribution in [0.15, 0.2) is 30.3 Å². The fourth-order valence-corrected chi connectivity index (χ4v) is 2.92. The highest BCUT2D eigenvalue weighted by Gasteiger charge is 2.18. The molecule has 2 heteroatoms. The van der Waals surface area contributed by atoms with E-state index < -0.39 is 0 Å². The van der Waals surface area contributed by atoms with Gasteiger partial charge in [-0.1, -0.05) is 30.3 Å². The molecule has 1 saturated heterocycles. The van der Waals surface area contributed by atoms with Gasteiger partial charge in [0.1, 0.15) is 0 Å². The Bertz CT molecular complexity index is 297. The third-order valence-electron chi connectivity index (χ3n) is 3.39. The SMILES string of the molecule is SCCC1CCCN(Cc2ccccc2)C1. The Morgan fingerprint density at radius 1 is 1.25 bits per heavy atom. The van der Waals surface area contributed by atoms with Crippen LogP contribution in [-0.2, 0) is 6.54 Å². The van der Waals surface area contributed by atoms with Crippen LogP contribution in [0.25, 0.3) is 0 Å². The van der Waals surface area contributed by atoms with Crippen LogP contribution in [0.4, 0.5) is 0 Å². The first kappa shape index (κ1) is 12.0. The second-order valence-electron chi connectivity index (χ2n) is 4.74. The van der Waals surface area contributed by atoms with E-state index in [0.29, 0.717) is 0 Å². The molecule has 0 spiro atoms. The molecule has 1 aromatic rings. The number of nitrogens with zero attached hydrogens (tertiary/aromatic N) is 1. The highest BCUT2D eigenvalue weighted by molar-refractivity contribution is 7.80. The molecule has 1 aliphatic heterocycles. The van der Waals surface area contributed by atoms with Crippen LogP contribution in [-0.4, -0.2) is 23.7 Å². The number of likely N-dealkylation sites (tertiary alicyclic amines) is 1. The summed E-state index contributed by atoms with van der Waals surface area (Å²) in [4.78, 5) is 2.59. The molecule has 0 aromatic heterocycles. The summed E-state index contributed by atoms with van der Waals surface area (Å²) in [6.45, 7) is 3.64. The van der Waals surface area contributed by atoms with Gasteiger partial charge < -0.3 is 0 Å². The maximum atomic E-state index is 4.34. The van der Waals surface area contributed by atoms with Crippen LogP contribution in [0, 0.1) is 5.92 Å². The molecule has 0 saturated carbocycles. The molecular formula is C14H21NS. The Balaban J connectivity index is 1.85. The molecular weight excluding hydrogens is 214 g/mol. The Morgan fingerprint density at radius 2 is 2.06 bits per heavy atom. The number of thiol groups is 1. The highest BCUT2D eigenvalue weighted by atomic mass is 32.1. The largest absolute Gasteiger partial charge is 0.299 e. The van der Waals surface area contributed by atoms with Crippen molar-refractivity contribution in [2.45, 2.75) is 25.8 Å². The van der Waals surface area contributed by atoms with Gasteiger partial charge in [0.15, 0.2) is 0 Å². The van der Waals surface area contributed by atoms with Gasteiger partial charge in [-0.05, 0) is 43.0 Å². The van der Waals surface area contributed by atoms with Gasteiger partial charge in [0.25, 0.3) is 0 Å². The fourth-order valence-electron chi connectivity index (χ4n) is 2.55. The summed E-state index contributed by atoms with van der Waals surface area (Å²) in [5, 5.41) is 0. The van der Waals surface area contributed by atoms with Gasteiger partial charge in [-0.15, -0.1) is 0 Å². The van der Waals surface area contributed by atoms with E-state index in [1.807, 2.05) is 0 Å². The summed E-state index contributed by atoms with van der Waals surface area (Å²) in [5.74, 6) is 1.90. The molecule has 1 heterocycles. The van der Waals surface area contributed by atoms with E-state index >= 15 is 0 Å². The Hall–Kier alpha value is -0.470. The van der Waals surface area contributed by atoms with Gasteiger partial charge >= 0.3 is 0 Å². The van der Waals surface area contributed by atoms with E-state index in [0.717, 1.165) is 18.2 Å². The van der Waals surface area contributed by atoms with Crippen LogP contribution >= 0.6 is 12.6 Å². The van der Waals surface area contributed by atoms with Gasteiger partial charge in [0, 0.05) is 13.1 Å². The summed E-state index contributed by atoms with van der Waals surface area (Å²) < 4.78 is 0. The molecule has 0 radical (unpaired) electrons. The minimum atomic E-state index is 0.870. The lowest BCUT2D eigenvalue weighted by atomic mass is 9.95. The summed E-state index contributed by atoms with van der Waals surface area (Å²) in [6.07, 6.45) is 4.02. The Kier molecular flexibility index (Phi) is 4.73. The quantitative estimate of drug-likeness (QED) is 0.784. The zero-order valence-electron chi connectivity index (χ0n) is 9.81. The number of piperidine rings is 1. The lowest BCUT2D eigenvalue weighted by Gasteiger charge is -2.32. The maximum Gasteiger partial charge on any atom is 0.0233 e. The molecule has 1 aromatic carbocycles. The normalized spacial score (nSPS) is 22.2. The third kappa shape index (κ3) is 3.53. The molecule has 0 amide bonds.